The number of aliphatic hydroxyl groups excluding tert-OH is 1. The van der Waals surface area contributed by atoms with Crippen molar-refractivity contribution in [3.05, 3.63) is 33.9 Å². The molecule has 1 fully saturated rings. The Balaban J connectivity index is 2.16. The van der Waals surface area contributed by atoms with Crippen molar-refractivity contribution < 1.29 is 14.8 Å². The highest BCUT2D eigenvalue weighted by molar-refractivity contribution is 5.48. The van der Waals surface area contributed by atoms with Crippen molar-refractivity contribution in [2.45, 2.75) is 38.8 Å². The number of nitro groups is 1. The lowest BCUT2D eigenvalue weighted by Gasteiger charge is -2.34. The molecule has 0 aromatic heterocycles. The van der Waals surface area contributed by atoms with E-state index in [1.165, 1.54) is 6.07 Å². The Morgan fingerprint density at radius 3 is 2.95 bits per heavy atom. The van der Waals surface area contributed by atoms with Crippen LogP contribution in [-0.4, -0.2) is 40.7 Å². The van der Waals surface area contributed by atoms with Crippen LogP contribution in [0.1, 0.15) is 31.7 Å². The Morgan fingerprint density at radius 1 is 1.48 bits per heavy atom. The van der Waals surface area contributed by atoms with Gasteiger partial charge < -0.3 is 9.84 Å². The molecule has 0 amide bonds. The number of nitro benzene ring substituents is 1. The van der Waals surface area contributed by atoms with Gasteiger partial charge in [-0.1, -0.05) is 12.5 Å². The molecule has 1 heterocycles. The molecule has 0 spiro atoms. The average molecular weight is 294 g/mol. The van der Waals surface area contributed by atoms with E-state index in [0.29, 0.717) is 18.9 Å². The number of hydrogen-bond acceptors (Lipinski definition) is 5. The molecule has 1 aliphatic rings. The van der Waals surface area contributed by atoms with Gasteiger partial charge in [0.25, 0.3) is 0 Å². The Kier molecular flexibility index (Phi) is 5.52. The van der Waals surface area contributed by atoms with E-state index in [0.717, 1.165) is 31.4 Å². The van der Waals surface area contributed by atoms with Crippen molar-refractivity contribution in [3.63, 3.8) is 0 Å². The summed E-state index contributed by atoms with van der Waals surface area (Å²) in [5, 5.41) is 20.4. The summed E-state index contributed by atoms with van der Waals surface area (Å²) in [5.74, 6) is 0.317. The molecule has 6 nitrogen and oxygen atoms in total. The van der Waals surface area contributed by atoms with Gasteiger partial charge in [0.2, 0.25) is 0 Å². The largest absolute Gasteiger partial charge is 0.487 e. The van der Waals surface area contributed by atoms with Crippen LogP contribution in [-0.2, 0) is 6.54 Å². The summed E-state index contributed by atoms with van der Waals surface area (Å²) in [6.45, 7) is 4.00. The lowest BCUT2D eigenvalue weighted by atomic mass is 10.0. The topological polar surface area (TPSA) is 75.8 Å². The van der Waals surface area contributed by atoms with Crippen LogP contribution in [0.3, 0.4) is 0 Å². The second-order valence-corrected chi connectivity index (χ2v) is 5.29. The van der Waals surface area contributed by atoms with Gasteiger partial charge in [-0.05, 0) is 37.9 Å². The number of likely N-dealkylation sites (tertiary alicyclic amines) is 1. The summed E-state index contributed by atoms with van der Waals surface area (Å²) in [7, 11) is 0. The minimum absolute atomic E-state index is 0.00190. The van der Waals surface area contributed by atoms with Crippen molar-refractivity contribution in [1.29, 1.82) is 0 Å². The van der Waals surface area contributed by atoms with Crippen molar-refractivity contribution in [2.75, 3.05) is 19.8 Å². The van der Waals surface area contributed by atoms with Gasteiger partial charge >= 0.3 is 5.69 Å². The minimum Gasteiger partial charge on any atom is -0.487 e. The first kappa shape index (κ1) is 15.7. The molecule has 1 N–H and O–H groups in total. The molecule has 1 saturated heterocycles. The van der Waals surface area contributed by atoms with Gasteiger partial charge in [-0.15, -0.1) is 0 Å². The van der Waals surface area contributed by atoms with Crippen LogP contribution in [0.4, 0.5) is 5.69 Å². The standard InChI is InChI=1S/C15H22N2O4/c1-2-21-15-9-12(6-7-14(15)17(19)20)10-16-8-4-3-5-13(16)11-18/h6-7,9,13,18H,2-5,8,10-11H2,1H3/t13-/m1/s1. The quantitative estimate of drug-likeness (QED) is 0.644. The summed E-state index contributed by atoms with van der Waals surface area (Å²) in [5.41, 5.74) is 0.974. The summed E-state index contributed by atoms with van der Waals surface area (Å²) in [6.07, 6.45) is 3.27. The molecular weight excluding hydrogens is 272 g/mol. The van der Waals surface area contributed by atoms with Gasteiger partial charge in [-0.25, -0.2) is 0 Å². The van der Waals surface area contributed by atoms with Crippen LogP contribution in [0.15, 0.2) is 18.2 Å². The van der Waals surface area contributed by atoms with Gasteiger partial charge in [-0.2, -0.15) is 0 Å². The average Bonchev–Trinajstić information content (AvgIpc) is 2.48. The second-order valence-electron chi connectivity index (χ2n) is 5.29. The first-order valence-corrected chi connectivity index (χ1v) is 7.40. The zero-order valence-electron chi connectivity index (χ0n) is 12.3. The van der Waals surface area contributed by atoms with Crippen LogP contribution < -0.4 is 4.74 Å². The predicted molar refractivity (Wildman–Crippen MR) is 79.4 cm³/mol. The molecule has 0 aliphatic carbocycles. The lowest BCUT2D eigenvalue weighted by Crippen LogP contribution is -2.41. The van der Waals surface area contributed by atoms with Crippen molar-refractivity contribution in [1.82, 2.24) is 4.90 Å². The third-order valence-corrected chi connectivity index (χ3v) is 3.87. The van der Waals surface area contributed by atoms with E-state index in [2.05, 4.69) is 4.90 Å². The fourth-order valence-corrected chi connectivity index (χ4v) is 2.79. The van der Waals surface area contributed by atoms with E-state index in [9.17, 15) is 15.2 Å². The van der Waals surface area contributed by atoms with Crippen LogP contribution >= 0.6 is 0 Å². The molecule has 21 heavy (non-hydrogen) atoms. The van der Waals surface area contributed by atoms with Gasteiger partial charge in [-0.3, -0.25) is 15.0 Å². The maximum atomic E-state index is 11.0. The molecule has 1 aliphatic heterocycles. The van der Waals surface area contributed by atoms with E-state index in [-0.39, 0.29) is 18.3 Å². The van der Waals surface area contributed by atoms with E-state index in [1.54, 1.807) is 12.1 Å². The molecule has 0 unspecified atom stereocenters. The molecule has 1 aromatic rings. The van der Waals surface area contributed by atoms with Crippen molar-refractivity contribution in [2.24, 2.45) is 0 Å². The van der Waals surface area contributed by atoms with E-state index in [1.807, 2.05) is 6.92 Å². The molecule has 2 rings (SSSR count). The number of hydrogen-bond donors (Lipinski definition) is 1. The molecule has 1 atom stereocenters. The highest BCUT2D eigenvalue weighted by Gasteiger charge is 2.23. The maximum Gasteiger partial charge on any atom is 0.310 e. The van der Waals surface area contributed by atoms with Gasteiger partial charge in [0.1, 0.15) is 0 Å². The molecule has 0 radical (unpaired) electrons. The number of aliphatic hydroxyl groups is 1. The first-order valence-electron chi connectivity index (χ1n) is 7.40. The number of piperidine rings is 1. The maximum absolute atomic E-state index is 11.0. The molecule has 1 aromatic carbocycles. The summed E-state index contributed by atoms with van der Waals surface area (Å²) in [4.78, 5) is 12.8. The SMILES string of the molecule is CCOc1cc(CN2CCCC[C@@H]2CO)ccc1[N+](=O)[O-]. The van der Waals surface area contributed by atoms with Crippen LogP contribution in [0, 0.1) is 10.1 Å². The second kappa shape index (κ2) is 7.38. The van der Waals surface area contributed by atoms with Gasteiger partial charge in [0.15, 0.2) is 5.75 Å². The van der Waals surface area contributed by atoms with Gasteiger partial charge in [0.05, 0.1) is 18.1 Å². The van der Waals surface area contributed by atoms with E-state index >= 15 is 0 Å². The monoisotopic (exact) mass is 294 g/mol. The zero-order valence-corrected chi connectivity index (χ0v) is 12.3. The highest BCUT2D eigenvalue weighted by atomic mass is 16.6. The summed E-state index contributed by atoms with van der Waals surface area (Å²) < 4.78 is 5.37. The Hall–Kier alpha value is -1.66. The smallest absolute Gasteiger partial charge is 0.310 e. The molecule has 6 heteroatoms. The molecule has 0 bridgehead atoms. The molecule has 116 valence electrons. The van der Waals surface area contributed by atoms with Crippen molar-refractivity contribution >= 4 is 5.69 Å². The highest BCUT2D eigenvalue weighted by Crippen LogP contribution is 2.29. The number of benzene rings is 1. The Morgan fingerprint density at radius 2 is 2.29 bits per heavy atom. The lowest BCUT2D eigenvalue weighted by molar-refractivity contribution is -0.385. The minimum atomic E-state index is -0.424. The third-order valence-electron chi connectivity index (χ3n) is 3.87. The van der Waals surface area contributed by atoms with E-state index in [4.69, 9.17) is 4.74 Å². The summed E-state index contributed by atoms with van der Waals surface area (Å²) in [6, 6.07) is 5.19. The molecule has 0 saturated carbocycles. The fraction of sp³-hybridized carbons (Fsp3) is 0.600. The number of rotatable bonds is 6. The summed E-state index contributed by atoms with van der Waals surface area (Å²) >= 11 is 0. The van der Waals surface area contributed by atoms with Crippen molar-refractivity contribution in [3.8, 4) is 5.75 Å². The fourth-order valence-electron chi connectivity index (χ4n) is 2.79. The zero-order chi connectivity index (χ0) is 15.2. The Labute approximate surface area is 124 Å². The van der Waals surface area contributed by atoms with Crippen LogP contribution in [0.2, 0.25) is 0 Å². The normalized spacial score (nSPS) is 19.4. The Bertz CT molecular complexity index is 493. The predicted octanol–water partition coefficient (Wildman–Crippen LogP) is 2.34. The molecular formula is C15H22N2O4. The third kappa shape index (κ3) is 3.92. The number of ether oxygens (including phenoxy) is 1. The van der Waals surface area contributed by atoms with Crippen LogP contribution in [0.5, 0.6) is 5.75 Å². The van der Waals surface area contributed by atoms with Crippen LogP contribution in [0.25, 0.3) is 0 Å². The number of nitrogens with zero attached hydrogens (tertiary/aromatic N) is 2. The van der Waals surface area contributed by atoms with Gasteiger partial charge in [0, 0.05) is 18.7 Å². The first-order chi connectivity index (χ1) is 10.2. The van der Waals surface area contributed by atoms with E-state index < -0.39 is 4.92 Å².